The van der Waals surface area contributed by atoms with E-state index in [0.29, 0.717) is 6.04 Å². The number of aliphatic imine (C=N–C) groups is 1. The van der Waals surface area contributed by atoms with Crippen molar-refractivity contribution in [2.24, 2.45) is 4.99 Å². The number of hydrogen-bond acceptors (Lipinski definition) is 2. The SMILES string of the molecule is CCN(CCNC(=NC)N1CC=C(c2ccccc2)CC1)C(C)C.I. The lowest BCUT2D eigenvalue weighted by Crippen LogP contribution is -2.46. The van der Waals surface area contributed by atoms with Crippen molar-refractivity contribution in [3.05, 3.63) is 42.0 Å². The van der Waals surface area contributed by atoms with Crippen LogP contribution in [0.4, 0.5) is 0 Å². The maximum Gasteiger partial charge on any atom is 0.193 e. The number of nitrogens with one attached hydrogen (secondary N) is 1. The van der Waals surface area contributed by atoms with Gasteiger partial charge in [-0.25, -0.2) is 0 Å². The molecule has 1 aliphatic rings. The molecule has 0 fully saturated rings. The standard InChI is InChI=1S/C20H32N4.HI/c1-5-23(17(2)3)16-13-22-20(21-4)24-14-11-19(12-15-24)18-9-7-6-8-10-18;/h6-11,17H,5,12-16H2,1-4H3,(H,21,22);1H. The zero-order valence-electron chi connectivity index (χ0n) is 16.0. The monoisotopic (exact) mass is 456 g/mol. The number of likely N-dealkylation sites (N-methyl/N-ethyl adjacent to an activating group) is 1. The fraction of sp³-hybridized carbons (Fsp3) is 0.550. The fourth-order valence-corrected chi connectivity index (χ4v) is 3.20. The zero-order valence-corrected chi connectivity index (χ0v) is 18.4. The van der Waals surface area contributed by atoms with Gasteiger partial charge in [0.15, 0.2) is 5.96 Å². The second-order valence-electron chi connectivity index (χ2n) is 6.49. The first kappa shape index (κ1) is 22.0. The first-order chi connectivity index (χ1) is 11.7. The zero-order chi connectivity index (χ0) is 17.4. The summed E-state index contributed by atoms with van der Waals surface area (Å²) in [5.74, 6) is 1.01. The van der Waals surface area contributed by atoms with Crippen LogP contribution in [0.1, 0.15) is 32.8 Å². The highest BCUT2D eigenvalue weighted by molar-refractivity contribution is 14.0. The van der Waals surface area contributed by atoms with E-state index in [9.17, 15) is 0 Å². The highest BCUT2D eigenvalue weighted by atomic mass is 127. The Bertz CT molecular complexity index is 554. The Hall–Kier alpha value is -1.08. The molecule has 0 radical (unpaired) electrons. The third-order valence-corrected chi connectivity index (χ3v) is 4.68. The van der Waals surface area contributed by atoms with Gasteiger partial charge in [-0.3, -0.25) is 9.89 Å². The van der Waals surface area contributed by atoms with Gasteiger partial charge in [0.1, 0.15) is 0 Å². The van der Waals surface area contributed by atoms with E-state index in [2.05, 4.69) is 77.3 Å². The summed E-state index contributed by atoms with van der Waals surface area (Å²) in [6.45, 7) is 11.7. The summed E-state index contributed by atoms with van der Waals surface area (Å²) >= 11 is 0. The van der Waals surface area contributed by atoms with Crippen LogP contribution in [0.3, 0.4) is 0 Å². The van der Waals surface area contributed by atoms with Gasteiger partial charge >= 0.3 is 0 Å². The molecule has 0 amide bonds. The second kappa shape index (κ2) is 11.5. The average molecular weight is 456 g/mol. The molecule has 0 atom stereocenters. The molecule has 5 heteroatoms. The van der Waals surface area contributed by atoms with E-state index >= 15 is 0 Å². The predicted molar refractivity (Wildman–Crippen MR) is 120 cm³/mol. The molecule has 4 nitrogen and oxygen atoms in total. The minimum atomic E-state index is 0. The topological polar surface area (TPSA) is 30.9 Å². The molecule has 1 heterocycles. The summed E-state index contributed by atoms with van der Waals surface area (Å²) in [6, 6.07) is 11.3. The maximum absolute atomic E-state index is 4.46. The Morgan fingerprint density at radius 2 is 2.00 bits per heavy atom. The Labute approximate surface area is 170 Å². The quantitative estimate of drug-likeness (QED) is 0.403. The van der Waals surface area contributed by atoms with E-state index in [1.807, 2.05) is 7.05 Å². The molecule has 1 N–H and O–H groups in total. The molecule has 0 saturated heterocycles. The van der Waals surface area contributed by atoms with E-state index < -0.39 is 0 Å². The lowest BCUT2D eigenvalue weighted by Gasteiger charge is -2.31. The van der Waals surface area contributed by atoms with E-state index in [4.69, 9.17) is 0 Å². The van der Waals surface area contributed by atoms with Gasteiger partial charge in [0.2, 0.25) is 0 Å². The van der Waals surface area contributed by atoms with Crippen LogP contribution in [-0.2, 0) is 0 Å². The van der Waals surface area contributed by atoms with Gasteiger partial charge in [0.25, 0.3) is 0 Å². The van der Waals surface area contributed by atoms with Crippen molar-refractivity contribution >= 4 is 35.5 Å². The van der Waals surface area contributed by atoms with Crippen molar-refractivity contribution in [2.75, 3.05) is 39.8 Å². The first-order valence-electron chi connectivity index (χ1n) is 9.09. The number of benzene rings is 1. The van der Waals surface area contributed by atoms with Crippen molar-refractivity contribution in [3.63, 3.8) is 0 Å². The van der Waals surface area contributed by atoms with E-state index in [-0.39, 0.29) is 24.0 Å². The Morgan fingerprint density at radius 3 is 2.52 bits per heavy atom. The Balaban J connectivity index is 0.00000312. The number of halogens is 1. The maximum atomic E-state index is 4.46. The van der Waals surface area contributed by atoms with Crippen LogP contribution < -0.4 is 5.32 Å². The molecule has 0 saturated carbocycles. The Morgan fingerprint density at radius 1 is 1.28 bits per heavy atom. The smallest absolute Gasteiger partial charge is 0.193 e. The minimum Gasteiger partial charge on any atom is -0.355 e. The largest absolute Gasteiger partial charge is 0.355 e. The van der Waals surface area contributed by atoms with E-state index in [1.165, 1.54) is 11.1 Å². The first-order valence-corrected chi connectivity index (χ1v) is 9.09. The molecule has 0 unspecified atom stereocenters. The van der Waals surface area contributed by atoms with Crippen molar-refractivity contribution in [2.45, 2.75) is 33.2 Å². The van der Waals surface area contributed by atoms with Gasteiger partial charge in [-0.1, -0.05) is 43.3 Å². The molecule has 2 rings (SSSR count). The van der Waals surface area contributed by atoms with Crippen LogP contribution >= 0.6 is 24.0 Å². The number of hydrogen-bond donors (Lipinski definition) is 1. The van der Waals surface area contributed by atoms with E-state index in [1.54, 1.807) is 0 Å². The summed E-state index contributed by atoms with van der Waals surface area (Å²) < 4.78 is 0. The summed E-state index contributed by atoms with van der Waals surface area (Å²) in [5, 5.41) is 3.52. The van der Waals surface area contributed by atoms with E-state index in [0.717, 1.165) is 45.1 Å². The van der Waals surface area contributed by atoms with Crippen LogP contribution in [0.5, 0.6) is 0 Å². The van der Waals surface area contributed by atoms with Crippen molar-refractivity contribution < 1.29 is 0 Å². The predicted octanol–water partition coefficient (Wildman–Crippen LogP) is 3.70. The lowest BCUT2D eigenvalue weighted by atomic mass is 10.00. The number of rotatable bonds is 6. The van der Waals surface area contributed by atoms with Gasteiger partial charge in [-0.05, 0) is 37.9 Å². The third-order valence-electron chi connectivity index (χ3n) is 4.68. The summed E-state index contributed by atoms with van der Waals surface area (Å²) in [7, 11) is 1.87. The molecular weight excluding hydrogens is 423 g/mol. The summed E-state index contributed by atoms with van der Waals surface area (Å²) in [6.07, 6.45) is 3.40. The molecule has 140 valence electrons. The van der Waals surface area contributed by atoms with Crippen LogP contribution in [0.2, 0.25) is 0 Å². The molecule has 1 aromatic carbocycles. The van der Waals surface area contributed by atoms with Gasteiger partial charge in [0, 0.05) is 39.3 Å². The molecule has 0 aliphatic carbocycles. The van der Waals surface area contributed by atoms with Crippen LogP contribution in [0.15, 0.2) is 41.4 Å². The van der Waals surface area contributed by atoms with Crippen LogP contribution in [0, 0.1) is 0 Å². The minimum absolute atomic E-state index is 0. The third kappa shape index (κ3) is 6.62. The van der Waals surface area contributed by atoms with Crippen LogP contribution in [-0.4, -0.2) is 61.6 Å². The van der Waals surface area contributed by atoms with Crippen LogP contribution in [0.25, 0.3) is 5.57 Å². The number of guanidine groups is 1. The molecule has 0 spiro atoms. The molecule has 1 aliphatic heterocycles. The normalized spacial score (nSPS) is 15.2. The Kier molecular flexibility index (Phi) is 10.1. The van der Waals surface area contributed by atoms with Gasteiger partial charge in [-0.2, -0.15) is 0 Å². The molecule has 25 heavy (non-hydrogen) atoms. The van der Waals surface area contributed by atoms with Gasteiger partial charge in [-0.15, -0.1) is 24.0 Å². The van der Waals surface area contributed by atoms with Crippen molar-refractivity contribution in [1.29, 1.82) is 0 Å². The fourth-order valence-electron chi connectivity index (χ4n) is 3.20. The van der Waals surface area contributed by atoms with Gasteiger partial charge < -0.3 is 10.2 Å². The molecule has 1 aromatic rings. The highest BCUT2D eigenvalue weighted by Gasteiger charge is 2.16. The molecule has 0 bridgehead atoms. The second-order valence-corrected chi connectivity index (χ2v) is 6.49. The average Bonchev–Trinajstić information content (AvgIpc) is 2.62. The van der Waals surface area contributed by atoms with Crippen molar-refractivity contribution in [3.8, 4) is 0 Å². The summed E-state index contributed by atoms with van der Waals surface area (Å²) in [4.78, 5) is 9.25. The molecule has 0 aromatic heterocycles. The van der Waals surface area contributed by atoms with Crippen molar-refractivity contribution in [1.82, 2.24) is 15.1 Å². The molecular formula is C20H33IN4. The van der Waals surface area contributed by atoms with Gasteiger partial charge in [0.05, 0.1) is 0 Å². The highest BCUT2D eigenvalue weighted by Crippen LogP contribution is 2.21. The number of nitrogens with zero attached hydrogens (tertiary/aromatic N) is 3. The lowest BCUT2D eigenvalue weighted by molar-refractivity contribution is 0.236. The summed E-state index contributed by atoms with van der Waals surface area (Å²) in [5.41, 5.74) is 2.79.